The van der Waals surface area contributed by atoms with Gasteiger partial charge in [0.25, 0.3) is 5.69 Å². The molecule has 23 heavy (non-hydrogen) atoms. The van der Waals surface area contributed by atoms with E-state index in [2.05, 4.69) is 4.72 Å². The highest BCUT2D eigenvalue weighted by molar-refractivity contribution is 7.89. The van der Waals surface area contributed by atoms with Crippen molar-refractivity contribution in [2.75, 3.05) is 14.1 Å². The van der Waals surface area contributed by atoms with Gasteiger partial charge in [0.05, 0.1) is 4.92 Å². The second-order valence-electron chi connectivity index (χ2n) is 5.76. The molecule has 1 N–H and O–H groups in total. The Morgan fingerprint density at radius 1 is 1.30 bits per heavy atom. The standard InChI is InChI=1S/C14H21N3O5S/c1-10(2)9-11(14(18)16(3)4)15-23(21,22)13-8-6-5-7-12(13)17(19)20/h5-8,10-11,15H,9H2,1-4H3/t11-/m0/s1. The molecule has 8 nitrogen and oxygen atoms in total. The van der Waals surface area contributed by atoms with Gasteiger partial charge in [-0.25, -0.2) is 8.42 Å². The van der Waals surface area contributed by atoms with E-state index in [1.807, 2.05) is 13.8 Å². The lowest BCUT2D eigenvalue weighted by molar-refractivity contribution is -0.387. The second-order valence-corrected chi connectivity index (χ2v) is 7.44. The predicted molar refractivity (Wildman–Crippen MR) is 85.4 cm³/mol. The molecule has 1 rings (SSSR count). The molecular formula is C14H21N3O5S. The fraction of sp³-hybridized carbons (Fsp3) is 0.500. The molecule has 1 aromatic rings. The monoisotopic (exact) mass is 343 g/mol. The molecule has 0 saturated heterocycles. The summed E-state index contributed by atoms with van der Waals surface area (Å²) in [6.07, 6.45) is 0.289. The quantitative estimate of drug-likeness (QED) is 0.594. The Morgan fingerprint density at radius 2 is 1.87 bits per heavy atom. The summed E-state index contributed by atoms with van der Waals surface area (Å²) in [5.74, 6) is -0.335. The molecule has 0 saturated carbocycles. The molecule has 0 spiro atoms. The Hall–Kier alpha value is -2.00. The van der Waals surface area contributed by atoms with Gasteiger partial charge in [0.15, 0.2) is 4.90 Å². The number of hydrogen-bond donors (Lipinski definition) is 1. The van der Waals surface area contributed by atoms with E-state index in [9.17, 15) is 23.3 Å². The van der Waals surface area contributed by atoms with E-state index in [0.29, 0.717) is 0 Å². The minimum absolute atomic E-state index is 0.0670. The van der Waals surface area contributed by atoms with Crippen LogP contribution in [-0.2, 0) is 14.8 Å². The zero-order valence-electron chi connectivity index (χ0n) is 13.5. The molecule has 1 amide bonds. The molecule has 0 aliphatic heterocycles. The zero-order valence-corrected chi connectivity index (χ0v) is 14.3. The van der Waals surface area contributed by atoms with Crippen molar-refractivity contribution in [3.05, 3.63) is 34.4 Å². The van der Waals surface area contributed by atoms with Crippen LogP contribution in [0.5, 0.6) is 0 Å². The number of nitrogens with one attached hydrogen (secondary N) is 1. The molecular weight excluding hydrogens is 322 g/mol. The number of rotatable bonds is 7. The number of para-hydroxylation sites is 1. The van der Waals surface area contributed by atoms with E-state index < -0.39 is 37.5 Å². The minimum atomic E-state index is -4.20. The lowest BCUT2D eigenvalue weighted by atomic mass is 10.0. The summed E-state index contributed by atoms with van der Waals surface area (Å²) >= 11 is 0. The summed E-state index contributed by atoms with van der Waals surface area (Å²) in [5, 5.41) is 11.0. The number of nitrogens with zero attached hydrogens (tertiary/aromatic N) is 2. The van der Waals surface area contributed by atoms with Gasteiger partial charge >= 0.3 is 0 Å². The molecule has 0 heterocycles. The van der Waals surface area contributed by atoms with E-state index in [1.165, 1.54) is 31.1 Å². The fourth-order valence-electron chi connectivity index (χ4n) is 2.07. The fourth-order valence-corrected chi connectivity index (χ4v) is 3.44. The third-order valence-corrected chi connectivity index (χ3v) is 4.61. The molecule has 1 atom stereocenters. The van der Waals surface area contributed by atoms with Crippen molar-refractivity contribution in [3.8, 4) is 0 Å². The average molecular weight is 343 g/mol. The van der Waals surface area contributed by atoms with Crippen molar-refractivity contribution < 1.29 is 18.1 Å². The maximum absolute atomic E-state index is 12.5. The maximum Gasteiger partial charge on any atom is 0.289 e. The number of nitro groups is 1. The number of nitro benzene ring substituents is 1. The van der Waals surface area contributed by atoms with Crippen molar-refractivity contribution in [2.24, 2.45) is 5.92 Å². The topological polar surface area (TPSA) is 110 Å². The van der Waals surface area contributed by atoms with Crippen LogP contribution in [0.25, 0.3) is 0 Å². The first-order valence-corrected chi connectivity index (χ1v) is 8.51. The van der Waals surface area contributed by atoms with E-state index in [-0.39, 0.29) is 12.3 Å². The molecule has 0 aromatic heterocycles. The van der Waals surface area contributed by atoms with Crippen LogP contribution >= 0.6 is 0 Å². The first-order valence-electron chi connectivity index (χ1n) is 7.03. The van der Waals surface area contributed by atoms with E-state index in [4.69, 9.17) is 0 Å². The highest BCUT2D eigenvalue weighted by Crippen LogP contribution is 2.23. The molecule has 0 aliphatic rings. The van der Waals surface area contributed by atoms with Crippen LogP contribution in [0.2, 0.25) is 0 Å². The summed E-state index contributed by atoms with van der Waals surface area (Å²) < 4.78 is 27.3. The molecule has 0 unspecified atom stereocenters. The smallest absolute Gasteiger partial charge is 0.289 e. The molecule has 0 aliphatic carbocycles. The van der Waals surface area contributed by atoms with E-state index >= 15 is 0 Å². The SMILES string of the molecule is CC(C)C[C@H](NS(=O)(=O)c1ccccc1[N+](=O)[O-])C(=O)N(C)C. The van der Waals surface area contributed by atoms with Gasteiger partial charge in [0.1, 0.15) is 6.04 Å². The maximum atomic E-state index is 12.5. The van der Waals surface area contributed by atoms with Crippen LogP contribution in [-0.4, -0.2) is 44.3 Å². The van der Waals surface area contributed by atoms with E-state index in [0.717, 1.165) is 12.1 Å². The second kappa shape index (κ2) is 7.51. The lowest BCUT2D eigenvalue weighted by Crippen LogP contribution is -2.46. The van der Waals surface area contributed by atoms with Crippen molar-refractivity contribution >= 4 is 21.6 Å². The van der Waals surface area contributed by atoms with Crippen molar-refractivity contribution in [1.29, 1.82) is 0 Å². The minimum Gasteiger partial charge on any atom is -0.347 e. The summed E-state index contributed by atoms with van der Waals surface area (Å²) in [5.41, 5.74) is -0.527. The number of hydrogen-bond acceptors (Lipinski definition) is 5. The third-order valence-electron chi connectivity index (χ3n) is 3.09. The van der Waals surface area contributed by atoms with Crippen LogP contribution in [0, 0.1) is 16.0 Å². The predicted octanol–water partition coefficient (Wildman–Crippen LogP) is 1.38. The van der Waals surface area contributed by atoms with Crippen LogP contribution in [0.1, 0.15) is 20.3 Å². The van der Waals surface area contributed by atoms with E-state index in [1.54, 1.807) is 0 Å². The molecule has 0 fully saturated rings. The zero-order chi connectivity index (χ0) is 17.8. The normalized spacial score (nSPS) is 12.9. The number of likely N-dealkylation sites (N-methyl/N-ethyl adjacent to an activating group) is 1. The number of sulfonamides is 1. The van der Waals surface area contributed by atoms with Gasteiger partial charge in [-0.15, -0.1) is 0 Å². The van der Waals surface area contributed by atoms with Crippen LogP contribution in [0.15, 0.2) is 29.2 Å². The summed E-state index contributed by atoms with van der Waals surface area (Å²) in [6.45, 7) is 3.71. The van der Waals surface area contributed by atoms with Gasteiger partial charge in [-0.05, 0) is 18.4 Å². The van der Waals surface area contributed by atoms with Gasteiger partial charge in [-0.2, -0.15) is 4.72 Å². The first kappa shape index (κ1) is 19.0. The number of benzene rings is 1. The number of carbonyl (C=O) groups excluding carboxylic acids is 1. The summed E-state index contributed by atoms with van der Waals surface area (Å²) in [4.78, 5) is 23.3. The molecule has 1 aromatic carbocycles. The Labute approximate surface area is 135 Å². The Bertz CT molecular complexity index is 685. The summed E-state index contributed by atoms with van der Waals surface area (Å²) in [7, 11) is -1.15. The van der Waals surface area contributed by atoms with Gasteiger partial charge in [-0.3, -0.25) is 14.9 Å². The molecule has 9 heteroatoms. The van der Waals surface area contributed by atoms with Gasteiger partial charge in [-0.1, -0.05) is 26.0 Å². The molecule has 0 bridgehead atoms. The van der Waals surface area contributed by atoms with Crippen molar-refractivity contribution in [1.82, 2.24) is 9.62 Å². The molecule has 128 valence electrons. The van der Waals surface area contributed by atoms with Crippen LogP contribution in [0.4, 0.5) is 5.69 Å². The highest BCUT2D eigenvalue weighted by Gasteiger charge is 2.31. The first-order chi connectivity index (χ1) is 10.6. The number of carbonyl (C=O) groups is 1. The lowest BCUT2D eigenvalue weighted by Gasteiger charge is -2.23. The van der Waals surface area contributed by atoms with Gasteiger partial charge < -0.3 is 4.90 Å². The van der Waals surface area contributed by atoms with Crippen molar-refractivity contribution in [3.63, 3.8) is 0 Å². The molecule has 0 radical (unpaired) electrons. The highest BCUT2D eigenvalue weighted by atomic mass is 32.2. The largest absolute Gasteiger partial charge is 0.347 e. The Morgan fingerprint density at radius 3 is 2.35 bits per heavy atom. The van der Waals surface area contributed by atoms with Crippen LogP contribution < -0.4 is 4.72 Å². The number of amides is 1. The van der Waals surface area contributed by atoms with Crippen LogP contribution in [0.3, 0.4) is 0 Å². The Balaban J connectivity index is 3.21. The Kier molecular flexibility index (Phi) is 6.22. The summed E-state index contributed by atoms with van der Waals surface area (Å²) in [6, 6.07) is 4.06. The van der Waals surface area contributed by atoms with Gasteiger partial charge in [0, 0.05) is 20.2 Å². The average Bonchev–Trinajstić information content (AvgIpc) is 2.44. The third kappa shape index (κ3) is 5.00. The van der Waals surface area contributed by atoms with Crippen molar-refractivity contribution in [2.45, 2.75) is 31.2 Å². The van der Waals surface area contributed by atoms with Gasteiger partial charge in [0.2, 0.25) is 15.9 Å².